The van der Waals surface area contributed by atoms with Crippen molar-refractivity contribution in [3.8, 4) is 0 Å². The van der Waals surface area contributed by atoms with Gasteiger partial charge in [-0.25, -0.2) is 0 Å². The third kappa shape index (κ3) is 1.94. The lowest BCUT2D eigenvalue weighted by Gasteiger charge is -2.05. The minimum absolute atomic E-state index is 0.384. The van der Waals surface area contributed by atoms with Crippen LogP contribution in [0.3, 0.4) is 0 Å². The summed E-state index contributed by atoms with van der Waals surface area (Å²) in [5.41, 5.74) is -0.384. The smallest absolute Gasteiger partial charge is 0.168 e. The molecule has 1 unspecified atom stereocenters. The zero-order valence-electron chi connectivity index (χ0n) is 5.92. The maximum Gasteiger partial charge on any atom is 0.371 e. The van der Waals surface area contributed by atoms with Crippen LogP contribution in [0, 0.1) is 0 Å². The molecule has 0 bridgehead atoms. The largest absolute Gasteiger partial charge is 0.371 e. The Balaban J connectivity index is 2.86. The van der Waals surface area contributed by atoms with Crippen LogP contribution >= 0.6 is 0 Å². The van der Waals surface area contributed by atoms with Crippen LogP contribution in [0.15, 0.2) is 30.3 Å². The van der Waals surface area contributed by atoms with Crippen molar-refractivity contribution in [1.82, 2.24) is 0 Å². The predicted octanol–water partition coefficient (Wildman–Crippen LogP) is 3.13. The Morgan fingerprint density at radius 2 is 1.50 bits per heavy atom. The summed E-state index contributed by atoms with van der Waals surface area (Å²) in [5, 5.41) is -4.19. The molecule has 0 fully saturated rings. The second-order valence-electron chi connectivity index (χ2n) is 2.23. The lowest BCUT2D eigenvalue weighted by atomic mass is 10.2. The van der Waals surface area contributed by atoms with Crippen molar-refractivity contribution >= 4 is 0 Å². The van der Waals surface area contributed by atoms with Crippen LogP contribution in [0.2, 0.25) is 0 Å². The van der Waals surface area contributed by atoms with Gasteiger partial charge in [0.15, 0.2) is 0 Å². The molecule has 0 heterocycles. The molecule has 0 saturated carbocycles. The highest BCUT2D eigenvalue weighted by Gasteiger charge is 2.45. The number of alkyl halides is 1. The number of benzene rings is 1. The molecule has 0 aliphatic rings. The first kappa shape index (κ1) is 8.99. The Kier molecular flexibility index (Phi) is 2.32. The van der Waals surface area contributed by atoms with Gasteiger partial charge in [0.25, 0.3) is 5.15 Å². The van der Waals surface area contributed by atoms with Gasteiger partial charge in [-0.3, -0.25) is 0 Å². The topological polar surface area (TPSA) is 0 Å². The van der Waals surface area contributed by atoms with Crippen LogP contribution in [-0.4, -0.2) is 5.15 Å². The minimum atomic E-state index is -4.19. The van der Waals surface area contributed by atoms with Gasteiger partial charge in [0, 0.05) is 0 Å². The first-order valence-electron chi connectivity index (χ1n) is 3.18. The Hall–Kier alpha value is -1.10. The van der Waals surface area contributed by atoms with Crippen molar-refractivity contribution < 1.29 is 23.0 Å². The van der Waals surface area contributed by atoms with Crippen LogP contribution < -0.4 is 0 Å². The average molecular weight is 180 g/mol. The third-order valence-corrected chi connectivity index (χ3v) is 1.33. The van der Waals surface area contributed by atoms with Crippen molar-refractivity contribution in [2.75, 3.05) is 0 Å². The first-order chi connectivity index (χ1) is 5.52. The molecule has 1 aromatic rings. The molecule has 1 rings (SSSR count). The van der Waals surface area contributed by atoms with Crippen LogP contribution in [0.5, 0.6) is 0 Å². The molecule has 1 atom stereocenters. The molecule has 12 heavy (non-hydrogen) atoms. The standard InChI is InChI=1S/C7H6F4N/c8-7(12(9,10)11)6-4-2-1-3-5-6/h1-5,7H/q+1. The van der Waals surface area contributed by atoms with E-state index in [1.807, 2.05) is 0 Å². The van der Waals surface area contributed by atoms with E-state index in [0.717, 1.165) is 12.1 Å². The fourth-order valence-corrected chi connectivity index (χ4v) is 0.781. The number of quaternary nitrogens is 1. The highest BCUT2D eigenvalue weighted by atomic mass is 19.6. The Labute approximate surface area is 66.2 Å². The highest BCUT2D eigenvalue weighted by molar-refractivity contribution is 5.15. The normalized spacial score (nSPS) is 14.3. The summed E-state index contributed by atoms with van der Waals surface area (Å²) >= 11 is 0. The van der Waals surface area contributed by atoms with Gasteiger partial charge in [-0.15, -0.1) is 0 Å². The van der Waals surface area contributed by atoms with Gasteiger partial charge in [0.2, 0.25) is 0 Å². The van der Waals surface area contributed by atoms with E-state index in [9.17, 15) is 17.8 Å². The lowest BCUT2D eigenvalue weighted by Crippen LogP contribution is -2.21. The van der Waals surface area contributed by atoms with Crippen LogP contribution in [0.25, 0.3) is 0 Å². The number of hydrogen-bond acceptors (Lipinski definition) is 0. The second-order valence-corrected chi connectivity index (χ2v) is 2.23. The van der Waals surface area contributed by atoms with Crippen LogP contribution in [0.1, 0.15) is 11.9 Å². The molecule has 0 radical (unpaired) electrons. The Morgan fingerprint density at radius 1 is 1.00 bits per heavy atom. The first-order valence-corrected chi connectivity index (χ1v) is 3.18. The van der Waals surface area contributed by atoms with E-state index < -0.39 is 11.4 Å². The van der Waals surface area contributed by atoms with Crippen molar-refractivity contribution in [2.45, 2.75) is 6.30 Å². The molecule has 0 aliphatic heterocycles. The summed E-state index contributed by atoms with van der Waals surface area (Å²) in [6.07, 6.45) is -2.94. The van der Waals surface area contributed by atoms with Gasteiger partial charge in [0.1, 0.15) is 0 Å². The van der Waals surface area contributed by atoms with Gasteiger partial charge < -0.3 is 0 Å². The number of hydrogen-bond donors (Lipinski definition) is 0. The zero-order chi connectivity index (χ0) is 9.19. The monoisotopic (exact) mass is 180 g/mol. The van der Waals surface area contributed by atoms with E-state index >= 15 is 0 Å². The zero-order valence-corrected chi connectivity index (χ0v) is 5.92. The summed E-state index contributed by atoms with van der Waals surface area (Å²) in [7, 11) is 0. The molecular weight excluding hydrogens is 174 g/mol. The fourth-order valence-electron chi connectivity index (χ4n) is 0.781. The highest BCUT2D eigenvalue weighted by Crippen LogP contribution is 2.31. The van der Waals surface area contributed by atoms with Crippen LogP contribution in [0.4, 0.5) is 17.8 Å². The lowest BCUT2D eigenvalue weighted by molar-refractivity contribution is -1.30. The molecule has 5 heteroatoms. The van der Waals surface area contributed by atoms with Crippen molar-refractivity contribution in [1.29, 1.82) is 0 Å². The van der Waals surface area contributed by atoms with Gasteiger partial charge in [-0.1, -0.05) is 18.2 Å². The van der Waals surface area contributed by atoms with Gasteiger partial charge in [-0.05, 0) is 12.1 Å². The third-order valence-electron chi connectivity index (χ3n) is 1.33. The van der Waals surface area contributed by atoms with Gasteiger partial charge >= 0.3 is 6.30 Å². The molecule has 0 saturated heterocycles. The van der Waals surface area contributed by atoms with Gasteiger partial charge in [-0.2, -0.15) is 4.39 Å². The molecule has 0 spiro atoms. The quantitative estimate of drug-likeness (QED) is 0.372. The van der Waals surface area contributed by atoms with Crippen molar-refractivity contribution in [3.05, 3.63) is 35.9 Å². The van der Waals surface area contributed by atoms with E-state index in [1.165, 1.54) is 18.2 Å². The molecule has 1 nitrogen and oxygen atoms in total. The molecule has 66 valence electrons. The minimum Gasteiger partial charge on any atom is -0.168 e. The summed E-state index contributed by atoms with van der Waals surface area (Å²) in [5.74, 6) is 0. The average Bonchev–Trinajstić information content (AvgIpc) is 2.03. The van der Waals surface area contributed by atoms with Gasteiger partial charge in [0.05, 0.1) is 19.0 Å². The van der Waals surface area contributed by atoms with Crippen LogP contribution in [-0.2, 0) is 0 Å². The SMILES string of the molecule is FC(c1ccccc1)[N+](F)(F)F. The second kappa shape index (κ2) is 3.10. The van der Waals surface area contributed by atoms with E-state index in [1.54, 1.807) is 0 Å². The number of nitrogens with zero attached hydrogens (tertiary/aromatic N) is 1. The summed E-state index contributed by atoms with van der Waals surface area (Å²) in [6.45, 7) is 0. The Bertz CT molecular complexity index is 243. The molecule has 0 N–H and O–H groups in total. The molecular formula is C7H6F4N+. The molecule has 1 aromatic carbocycles. The number of rotatable bonds is 2. The van der Waals surface area contributed by atoms with Crippen molar-refractivity contribution in [2.24, 2.45) is 0 Å². The van der Waals surface area contributed by atoms with E-state index in [4.69, 9.17) is 0 Å². The fraction of sp³-hybridized carbons (Fsp3) is 0.143. The maximum atomic E-state index is 12.5. The van der Waals surface area contributed by atoms with E-state index in [0.29, 0.717) is 0 Å². The molecule has 0 aliphatic carbocycles. The van der Waals surface area contributed by atoms with E-state index in [-0.39, 0.29) is 5.56 Å². The predicted molar refractivity (Wildman–Crippen MR) is 33.9 cm³/mol. The summed E-state index contributed by atoms with van der Waals surface area (Å²) < 4.78 is 47.6. The summed E-state index contributed by atoms with van der Waals surface area (Å²) in [4.78, 5) is 0. The van der Waals surface area contributed by atoms with E-state index in [2.05, 4.69) is 0 Å². The molecule has 0 amide bonds. The molecule has 0 aromatic heterocycles. The maximum absolute atomic E-state index is 12.5. The Morgan fingerprint density at radius 3 is 1.92 bits per heavy atom. The number of halogens is 4. The van der Waals surface area contributed by atoms with Crippen molar-refractivity contribution in [3.63, 3.8) is 0 Å². The summed E-state index contributed by atoms with van der Waals surface area (Å²) in [6, 6.07) is 6.43.